The van der Waals surface area contributed by atoms with Crippen LogP contribution in [0.2, 0.25) is 0 Å². The fourth-order valence-corrected chi connectivity index (χ4v) is 3.20. The molecule has 3 rings (SSSR count). The first kappa shape index (κ1) is 24.1. The molecule has 3 aromatic rings. The number of aryl methyl sites for hydroxylation is 2. The van der Waals surface area contributed by atoms with Crippen molar-refractivity contribution in [1.29, 1.82) is 5.26 Å². The van der Waals surface area contributed by atoms with Crippen molar-refractivity contribution in [2.45, 2.75) is 27.4 Å². The number of carbonyl (C=O) groups excluding carboxylic acids is 1. The van der Waals surface area contributed by atoms with E-state index in [1.165, 1.54) is 18.2 Å². The molecule has 1 N–H and O–H groups in total. The number of rotatable bonds is 9. The maximum absolute atomic E-state index is 12.6. The first-order valence-corrected chi connectivity index (χ1v) is 10.5. The number of carbonyl (C=O) groups is 1. The SMILES string of the molecule is CCOc1cc(/C=C(/C#N)C(=O)Nn2c(C)ccc2C)ccc1OCc1ccc([N+](=O)[O-])cc1. The van der Waals surface area contributed by atoms with Crippen molar-refractivity contribution in [3.63, 3.8) is 0 Å². The lowest BCUT2D eigenvalue weighted by atomic mass is 10.1. The van der Waals surface area contributed by atoms with Gasteiger partial charge in [-0.05, 0) is 74.4 Å². The number of hydrogen-bond donors (Lipinski definition) is 1. The number of non-ortho nitro benzene ring substituents is 1. The van der Waals surface area contributed by atoms with Gasteiger partial charge in [0.1, 0.15) is 18.2 Å². The van der Waals surface area contributed by atoms with E-state index in [0.29, 0.717) is 23.7 Å². The van der Waals surface area contributed by atoms with Crippen LogP contribution in [0.25, 0.3) is 6.08 Å². The minimum Gasteiger partial charge on any atom is -0.490 e. The number of ether oxygens (including phenoxy) is 2. The summed E-state index contributed by atoms with van der Waals surface area (Å²) in [5, 5.41) is 20.3. The van der Waals surface area contributed by atoms with E-state index in [2.05, 4.69) is 5.43 Å². The topological polar surface area (TPSA) is 119 Å². The van der Waals surface area contributed by atoms with Crippen molar-refractivity contribution >= 4 is 17.7 Å². The van der Waals surface area contributed by atoms with Crippen molar-refractivity contribution in [3.05, 3.63) is 92.8 Å². The zero-order valence-corrected chi connectivity index (χ0v) is 19.1. The van der Waals surface area contributed by atoms with Gasteiger partial charge in [0.05, 0.1) is 11.5 Å². The Morgan fingerprint density at radius 1 is 1.09 bits per heavy atom. The van der Waals surface area contributed by atoms with Crippen LogP contribution < -0.4 is 14.9 Å². The maximum atomic E-state index is 12.6. The van der Waals surface area contributed by atoms with Gasteiger partial charge in [-0.1, -0.05) is 6.07 Å². The van der Waals surface area contributed by atoms with E-state index in [9.17, 15) is 20.2 Å². The number of nitriles is 1. The average Bonchev–Trinajstić information content (AvgIpc) is 3.14. The summed E-state index contributed by atoms with van der Waals surface area (Å²) < 4.78 is 13.1. The predicted molar refractivity (Wildman–Crippen MR) is 127 cm³/mol. The molecule has 9 nitrogen and oxygen atoms in total. The molecule has 0 atom stereocenters. The average molecular weight is 460 g/mol. The normalized spacial score (nSPS) is 10.9. The molecule has 0 fully saturated rings. The molecule has 174 valence electrons. The molecule has 0 aliphatic carbocycles. The minimum atomic E-state index is -0.527. The Labute approximate surface area is 197 Å². The molecule has 9 heteroatoms. The predicted octanol–water partition coefficient (Wildman–Crippen LogP) is 4.67. The molecule has 0 bridgehead atoms. The molecule has 1 aromatic heterocycles. The third-order valence-electron chi connectivity index (χ3n) is 4.97. The fourth-order valence-electron chi connectivity index (χ4n) is 3.20. The van der Waals surface area contributed by atoms with Gasteiger partial charge >= 0.3 is 0 Å². The number of aromatic nitrogens is 1. The molecule has 0 aliphatic heterocycles. The Bertz CT molecular complexity index is 1250. The highest BCUT2D eigenvalue weighted by molar-refractivity contribution is 6.06. The van der Waals surface area contributed by atoms with Crippen LogP contribution in [0, 0.1) is 35.3 Å². The lowest BCUT2D eigenvalue weighted by Crippen LogP contribution is -2.25. The summed E-state index contributed by atoms with van der Waals surface area (Å²) in [6.07, 6.45) is 1.48. The van der Waals surface area contributed by atoms with Crippen LogP contribution in [-0.2, 0) is 11.4 Å². The van der Waals surface area contributed by atoms with Crippen LogP contribution in [0.15, 0.2) is 60.2 Å². The van der Waals surface area contributed by atoms with Crippen LogP contribution in [0.4, 0.5) is 5.69 Å². The summed E-state index contributed by atoms with van der Waals surface area (Å²) in [5.74, 6) is 0.396. The Kier molecular flexibility index (Phi) is 7.67. The molecule has 0 aliphatic rings. The molecular formula is C25H24N4O5. The zero-order chi connectivity index (χ0) is 24.7. The van der Waals surface area contributed by atoms with Gasteiger partial charge in [0.25, 0.3) is 11.6 Å². The highest BCUT2D eigenvalue weighted by Crippen LogP contribution is 2.30. The van der Waals surface area contributed by atoms with Crippen molar-refractivity contribution in [1.82, 2.24) is 4.68 Å². The number of nitrogens with zero attached hydrogens (tertiary/aromatic N) is 3. The number of nitro benzene ring substituents is 1. The van der Waals surface area contributed by atoms with E-state index in [-0.39, 0.29) is 17.9 Å². The summed E-state index contributed by atoms with van der Waals surface area (Å²) >= 11 is 0. The molecule has 0 saturated carbocycles. The van der Waals surface area contributed by atoms with Crippen molar-refractivity contribution in [2.75, 3.05) is 12.0 Å². The second-order valence-corrected chi connectivity index (χ2v) is 7.41. The van der Waals surface area contributed by atoms with Crippen molar-refractivity contribution < 1.29 is 19.2 Å². The van der Waals surface area contributed by atoms with Gasteiger partial charge < -0.3 is 9.47 Å². The highest BCUT2D eigenvalue weighted by Gasteiger charge is 2.13. The van der Waals surface area contributed by atoms with Crippen LogP contribution in [0.5, 0.6) is 11.5 Å². The minimum absolute atomic E-state index is 0.00864. The Morgan fingerprint density at radius 3 is 2.35 bits per heavy atom. The van der Waals surface area contributed by atoms with E-state index in [0.717, 1.165) is 17.0 Å². The number of benzene rings is 2. The second-order valence-electron chi connectivity index (χ2n) is 7.41. The zero-order valence-electron chi connectivity index (χ0n) is 19.1. The van der Waals surface area contributed by atoms with Gasteiger partial charge in [-0.2, -0.15) is 5.26 Å². The van der Waals surface area contributed by atoms with E-state index in [1.54, 1.807) is 35.0 Å². The van der Waals surface area contributed by atoms with E-state index < -0.39 is 10.8 Å². The van der Waals surface area contributed by atoms with Crippen LogP contribution >= 0.6 is 0 Å². The number of amides is 1. The lowest BCUT2D eigenvalue weighted by Gasteiger charge is -2.13. The van der Waals surface area contributed by atoms with Crippen LogP contribution in [-0.4, -0.2) is 22.1 Å². The summed E-state index contributed by atoms with van der Waals surface area (Å²) in [6, 6.07) is 16.9. The monoisotopic (exact) mass is 460 g/mol. The summed E-state index contributed by atoms with van der Waals surface area (Å²) in [5.41, 5.74) is 5.71. The fraction of sp³-hybridized carbons (Fsp3) is 0.200. The summed E-state index contributed by atoms with van der Waals surface area (Å²) in [7, 11) is 0. The quantitative estimate of drug-likeness (QED) is 0.214. The van der Waals surface area contributed by atoms with E-state index >= 15 is 0 Å². The third kappa shape index (κ3) is 5.81. The first-order chi connectivity index (χ1) is 16.3. The van der Waals surface area contributed by atoms with E-state index in [1.807, 2.05) is 39.0 Å². The molecule has 0 saturated heterocycles. The van der Waals surface area contributed by atoms with Crippen LogP contribution in [0.1, 0.15) is 29.4 Å². The van der Waals surface area contributed by atoms with Crippen molar-refractivity contribution in [3.8, 4) is 17.6 Å². The Morgan fingerprint density at radius 2 is 1.76 bits per heavy atom. The van der Waals surface area contributed by atoms with E-state index in [4.69, 9.17) is 9.47 Å². The summed E-state index contributed by atoms with van der Waals surface area (Å²) in [4.78, 5) is 23.0. The molecular weight excluding hydrogens is 436 g/mol. The number of nitro groups is 1. The van der Waals surface area contributed by atoms with Gasteiger partial charge in [-0.15, -0.1) is 0 Å². The standard InChI is InChI=1S/C25H24N4O5/c1-4-33-24-14-20(13-21(15-26)25(30)27-28-17(2)5-6-18(28)3)9-12-23(24)34-16-19-7-10-22(11-8-19)29(31)32/h5-14H,4,16H2,1-3H3,(H,27,30)/b21-13-. The molecule has 1 amide bonds. The van der Waals surface area contributed by atoms with Gasteiger partial charge in [-0.3, -0.25) is 25.0 Å². The number of hydrogen-bond acceptors (Lipinski definition) is 6. The molecule has 1 heterocycles. The third-order valence-corrected chi connectivity index (χ3v) is 4.97. The highest BCUT2D eigenvalue weighted by atomic mass is 16.6. The second kappa shape index (κ2) is 10.8. The molecule has 0 spiro atoms. The smallest absolute Gasteiger partial charge is 0.280 e. The Balaban J connectivity index is 1.77. The van der Waals surface area contributed by atoms with Gasteiger partial charge in [-0.25, -0.2) is 0 Å². The van der Waals surface area contributed by atoms with Crippen molar-refractivity contribution in [2.24, 2.45) is 0 Å². The Hall–Kier alpha value is -4.58. The van der Waals surface area contributed by atoms with Gasteiger partial charge in [0.2, 0.25) is 0 Å². The largest absolute Gasteiger partial charge is 0.490 e. The number of nitrogens with one attached hydrogen (secondary N) is 1. The summed E-state index contributed by atoms with van der Waals surface area (Å²) in [6.45, 7) is 6.12. The van der Waals surface area contributed by atoms with Crippen LogP contribution in [0.3, 0.4) is 0 Å². The molecule has 2 aromatic carbocycles. The molecule has 0 unspecified atom stereocenters. The van der Waals surface area contributed by atoms with Gasteiger partial charge in [0, 0.05) is 23.5 Å². The maximum Gasteiger partial charge on any atom is 0.280 e. The molecule has 34 heavy (non-hydrogen) atoms. The lowest BCUT2D eigenvalue weighted by molar-refractivity contribution is -0.384. The molecule has 0 radical (unpaired) electrons. The van der Waals surface area contributed by atoms with Gasteiger partial charge in [0.15, 0.2) is 11.5 Å². The first-order valence-electron chi connectivity index (χ1n) is 10.5.